The van der Waals surface area contributed by atoms with Gasteiger partial charge in [-0.05, 0) is 196 Å². The van der Waals surface area contributed by atoms with Crippen LogP contribution in [0.5, 0.6) is 0 Å². The Morgan fingerprint density at radius 1 is 0.372 bits per heavy atom. The zero-order valence-electron chi connectivity index (χ0n) is 51.5. The first-order valence-electron chi connectivity index (χ1n) is 31.3. The molecule has 1 heterocycles. The van der Waals surface area contributed by atoms with Crippen molar-refractivity contribution < 1.29 is 0 Å². The molecule has 15 rings (SSSR count). The lowest BCUT2D eigenvalue weighted by Gasteiger charge is -2.39. The van der Waals surface area contributed by atoms with Crippen molar-refractivity contribution in [2.24, 2.45) is 22.7 Å². The van der Waals surface area contributed by atoms with Crippen molar-refractivity contribution in [3.05, 3.63) is 288 Å². The number of para-hydroxylation sites is 1. The molecule has 422 valence electrons. The fourth-order valence-electron chi connectivity index (χ4n) is 15.4. The molecule has 0 saturated carbocycles. The Bertz CT molecular complexity index is 4620. The molecule has 2 nitrogen and oxygen atoms in total. The average molecular weight is 1110 g/mol. The Kier molecular flexibility index (Phi) is 12.4. The van der Waals surface area contributed by atoms with Gasteiger partial charge in [0.2, 0.25) is 0 Å². The van der Waals surface area contributed by atoms with Gasteiger partial charge in [0.1, 0.15) is 0 Å². The molecule has 0 saturated heterocycles. The standard InChI is InChI=1S/C84H76N2/c1-53(81(3,4)5)48-71(54(2)82(6,7)8)58-34-32-57(33-35-58)59-38-44-68-65-25-15-19-29-74(65)84(77(68)49-59)75-30-20-16-26-66(75)69-46-42-63(52-78(69)84)86-79-31-21-17-27-70(79)72-50-61(43-47-80(72)86)85(60-39-36-56(37-40-60)55-22-12-11-13-23-55)62-41-45-67-64-24-14-18-28-73(64)83(9,10)76(67)51-62/h11-47,49-54,71H,48H2,1-10H3. The summed E-state index contributed by atoms with van der Waals surface area (Å²) in [5.41, 5.74) is 29.0. The summed E-state index contributed by atoms with van der Waals surface area (Å²) in [4.78, 5) is 2.46. The molecule has 0 fully saturated rings. The van der Waals surface area contributed by atoms with E-state index in [0.29, 0.717) is 17.8 Å². The van der Waals surface area contributed by atoms with Gasteiger partial charge in [-0.1, -0.05) is 251 Å². The number of fused-ring (bicyclic) bond motifs is 16. The smallest absolute Gasteiger partial charge is 0.0726 e. The van der Waals surface area contributed by atoms with E-state index < -0.39 is 5.41 Å². The molecule has 0 bridgehead atoms. The zero-order chi connectivity index (χ0) is 59.0. The largest absolute Gasteiger partial charge is 0.310 e. The first kappa shape index (κ1) is 53.7. The highest BCUT2D eigenvalue weighted by atomic mass is 15.1. The van der Waals surface area contributed by atoms with Gasteiger partial charge in [0.05, 0.1) is 16.4 Å². The summed E-state index contributed by atoms with van der Waals surface area (Å²) in [5, 5.41) is 2.44. The lowest BCUT2D eigenvalue weighted by Crippen LogP contribution is -2.28. The van der Waals surface area contributed by atoms with Crippen LogP contribution in [0.15, 0.2) is 249 Å². The first-order chi connectivity index (χ1) is 41.5. The molecule has 1 spiro atoms. The molecule has 12 aromatic rings. The van der Waals surface area contributed by atoms with Gasteiger partial charge in [0.25, 0.3) is 0 Å². The Morgan fingerprint density at radius 3 is 1.52 bits per heavy atom. The molecule has 3 aliphatic carbocycles. The fraction of sp³-hybridized carbons (Fsp3) is 0.214. The van der Waals surface area contributed by atoms with E-state index in [2.05, 4.69) is 327 Å². The van der Waals surface area contributed by atoms with Crippen molar-refractivity contribution in [3.63, 3.8) is 0 Å². The van der Waals surface area contributed by atoms with E-state index in [4.69, 9.17) is 0 Å². The Balaban J connectivity index is 0.872. The number of rotatable bonds is 10. The number of aromatic nitrogens is 1. The highest BCUT2D eigenvalue weighted by Gasteiger charge is 2.52. The molecular formula is C84H76N2. The second-order valence-electron chi connectivity index (χ2n) is 27.9. The van der Waals surface area contributed by atoms with Gasteiger partial charge in [0, 0.05) is 38.9 Å². The van der Waals surface area contributed by atoms with E-state index >= 15 is 0 Å². The number of hydrogen-bond acceptors (Lipinski definition) is 1. The predicted octanol–water partition coefficient (Wildman–Crippen LogP) is 23.1. The lowest BCUT2D eigenvalue weighted by atomic mass is 9.66. The SMILES string of the molecule is CC(CC(c1ccc(-c2ccc3c(c2)C2(c4ccccc4-3)c3ccccc3-c3ccc(-n4c5ccccc5c5cc(N(c6ccc(-c7ccccc7)cc6)c6ccc7c(c6)C(C)(C)c6ccccc6-7)ccc54)cc32)cc1)C(C)C(C)(C)C)C(C)(C)C. The van der Waals surface area contributed by atoms with Crippen LogP contribution >= 0.6 is 0 Å². The van der Waals surface area contributed by atoms with Crippen LogP contribution in [-0.4, -0.2) is 4.57 Å². The van der Waals surface area contributed by atoms with Gasteiger partial charge >= 0.3 is 0 Å². The Morgan fingerprint density at radius 2 is 0.849 bits per heavy atom. The fourth-order valence-corrected chi connectivity index (χ4v) is 15.4. The maximum absolute atomic E-state index is 2.55. The minimum Gasteiger partial charge on any atom is -0.310 e. The lowest BCUT2D eigenvalue weighted by molar-refractivity contribution is 0.163. The van der Waals surface area contributed by atoms with Gasteiger partial charge in [-0.25, -0.2) is 0 Å². The Labute approximate surface area is 509 Å². The van der Waals surface area contributed by atoms with Gasteiger partial charge in [0.15, 0.2) is 0 Å². The highest BCUT2D eigenvalue weighted by molar-refractivity contribution is 6.11. The van der Waals surface area contributed by atoms with Gasteiger partial charge in [-0.2, -0.15) is 0 Å². The zero-order valence-corrected chi connectivity index (χ0v) is 51.5. The molecular weight excluding hydrogens is 1040 g/mol. The van der Waals surface area contributed by atoms with E-state index in [1.54, 1.807) is 0 Å². The number of nitrogens with zero attached hydrogens (tertiary/aromatic N) is 2. The summed E-state index contributed by atoms with van der Waals surface area (Å²) in [6, 6.07) is 94.9. The molecule has 1 aromatic heterocycles. The van der Waals surface area contributed by atoms with Crippen molar-refractivity contribution in [1.29, 1.82) is 0 Å². The molecule has 4 atom stereocenters. The third kappa shape index (κ3) is 8.26. The summed E-state index contributed by atoms with van der Waals surface area (Å²) < 4.78 is 2.52. The van der Waals surface area contributed by atoms with Gasteiger partial charge < -0.3 is 9.47 Å². The molecule has 2 heteroatoms. The van der Waals surface area contributed by atoms with Crippen LogP contribution < -0.4 is 4.90 Å². The maximum atomic E-state index is 2.55. The van der Waals surface area contributed by atoms with Crippen LogP contribution in [0.1, 0.15) is 121 Å². The van der Waals surface area contributed by atoms with Crippen molar-refractivity contribution in [2.45, 2.75) is 92.4 Å². The van der Waals surface area contributed by atoms with Gasteiger partial charge in [-0.15, -0.1) is 0 Å². The quantitative estimate of drug-likeness (QED) is 0.132. The predicted molar refractivity (Wildman–Crippen MR) is 365 cm³/mol. The summed E-state index contributed by atoms with van der Waals surface area (Å²) in [7, 11) is 0. The van der Waals surface area contributed by atoms with Crippen LogP contribution in [0.25, 0.3) is 83.1 Å². The van der Waals surface area contributed by atoms with Gasteiger partial charge in [-0.3, -0.25) is 0 Å². The van der Waals surface area contributed by atoms with Crippen molar-refractivity contribution >= 4 is 38.9 Å². The topological polar surface area (TPSA) is 8.17 Å². The molecule has 11 aromatic carbocycles. The molecule has 86 heavy (non-hydrogen) atoms. The summed E-state index contributed by atoms with van der Waals surface area (Å²) >= 11 is 0. The number of hydrogen-bond donors (Lipinski definition) is 0. The van der Waals surface area contributed by atoms with Crippen molar-refractivity contribution in [2.75, 3.05) is 4.90 Å². The third-order valence-electron chi connectivity index (χ3n) is 21.0. The van der Waals surface area contributed by atoms with Crippen LogP contribution in [0.4, 0.5) is 17.1 Å². The number of anilines is 3. The molecule has 0 amide bonds. The van der Waals surface area contributed by atoms with E-state index in [9.17, 15) is 0 Å². The molecule has 4 unspecified atom stereocenters. The van der Waals surface area contributed by atoms with Crippen LogP contribution in [0.3, 0.4) is 0 Å². The first-order valence-corrected chi connectivity index (χ1v) is 31.3. The van der Waals surface area contributed by atoms with Crippen molar-refractivity contribution in [1.82, 2.24) is 4.57 Å². The third-order valence-corrected chi connectivity index (χ3v) is 21.0. The molecule has 0 radical (unpaired) electrons. The van der Waals surface area contributed by atoms with E-state index in [-0.39, 0.29) is 16.2 Å². The van der Waals surface area contributed by atoms with Crippen molar-refractivity contribution in [3.8, 4) is 61.3 Å². The summed E-state index contributed by atoms with van der Waals surface area (Å²) in [5.74, 6) is 1.58. The van der Waals surface area contributed by atoms with Crippen LogP contribution in [0.2, 0.25) is 0 Å². The second-order valence-corrected chi connectivity index (χ2v) is 27.9. The average Bonchev–Trinajstić information content (AvgIpc) is 1.53. The Hall–Kier alpha value is -8.98. The van der Waals surface area contributed by atoms with Crippen LogP contribution in [-0.2, 0) is 10.8 Å². The highest BCUT2D eigenvalue weighted by Crippen LogP contribution is 2.64. The second kappa shape index (κ2) is 19.8. The molecule has 0 aliphatic heterocycles. The molecule has 3 aliphatic rings. The van der Waals surface area contributed by atoms with Crippen LogP contribution in [0, 0.1) is 22.7 Å². The molecule has 0 N–H and O–H groups in total. The van der Waals surface area contributed by atoms with E-state index in [0.717, 1.165) is 22.7 Å². The van der Waals surface area contributed by atoms with E-state index in [1.165, 1.54) is 123 Å². The maximum Gasteiger partial charge on any atom is 0.0726 e. The minimum atomic E-state index is -0.533. The minimum absolute atomic E-state index is 0.144. The summed E-state index contributed by atoms with van der Waals surface area (Å²) in [6.07, 6.45) is 1.17. The monoisotopic (exact) mass is 1110 g/mol. The summed E-state index contributed by atoms with van der Waals surface area (Å²) in [6.45, 7) is 24.1. The normalized spacial score (nSPS) is 16.3. The number of benzene rings is 11. The van der Waals surface area contributed by atoms with E-state index in [1.807, 2.05) is 0 Å².